The molecule has 0 unspecified atom stereocenters. The summed E-state index contributed by atoms with van der Waals surface area (Å²) in [4.78, 5) is 16.4. The van der Waals surface area contributed by atoms with Gasteiger partial charge in [0.2, 0.25) is 5.91 Å². The number of rotatable bonds is 10. The van der Waals surface area contributed by atoms with Gasteiger partial charge in [-0.25, -0.2) is 0 Å². The molecule has 0 aromatic heterocycles. The normalized spacial score (nSPS) is 8.04. The van der Waals surface area contributed by atoms with E-state index in [4.69, 9.17) is 4.84 Å². The Labute approximate surface area is 146 Å². The van der Waals surface area contributed by atoms with Crippen molar-refractivity contribution in [3.8, 4) is 0 Å². The summed E-state index contributed by atoms with van der Waals surface area (Å²) < 4.78 is 0. The van der Waals surface area contributed by atoms with Crippen LogP contribution in [0.1, 0.15) is 101 Å². The van der Waals surface area contributed by atoms with Gasteiger partial charge in [0.1, 0.15) is 6.61 Å². The van der Waals surface area contributed by atoms with Crippen molar-refractivity contribution in [2.24, 2.45) is 5.16 Å². The van der Waals surface area contributed by atoms with Crippen molar-refractivity contribution in [2.75, 3.05) is 13.2 Å². The van der Waals surface area contributed by atoms with Crippen molar-refractivity contribution >= 4 is 11.6 Å². The minimum atomic E-state index is 0.149. The van der Waals surface area contributed by atoms with Gasteiger partial charge < -0.3 is 10.2 Å². The van der Waals surface area contributed by atoms with Gasteiger partial charge in [0.15, 0.2) is 0 Å². The van der Waals surface area contributed by atoms with Gasteiger partial charge in [-0.05, 0) is 33.1 Å². The Bertz CT molecular complexity index is 225. The fraction of sp³-hybridized carbons (Fsp3) is 0.895. The zero-order valence-corrected chi connectivity index (χ0v) is 17.4. The van der Waals surface area contributed by atoms with Crippen LogP contribution in [0.15, 0.2) is 5.16 Å². The van der Waals surface area contributed by atoms with Crippen LogP contribution in [-0.2, 0) is 9.63 Å². The standard InChI is InChI=1S/C13H26N2O2.3C2H6/c1-4-5-7-10-14-13(16)9-6-8-11-17-15-12(2)3;3*1-2/h4-11H2,1-3H3,(H,14,16);3*1-2H3. The molecule has 0 aliphatic carbocycles. The molecule has 0 saturated carbocycles. The lowest BCUT2D eigenvalue weighted by Crippen LogP contribution is -2.24. The predicted molar refractivity (Wildman–Crippen MR) is 105 cm³/mol. The van der Waals surface area contributed by atoms with Gasteiger partial charge >= 0.3 is 0 Å². The molecule has 4 heteroatoms. The van der Waals surface area contributed by atoms with Crippen LogP contribution in [0.3, 0.4) is 0 Å². The molecule has 0 heterocycles. The first-order valence-corrected chi connectivity index (χ1v) is 9.56. The molecule has 0 fully saturated rings. The highest BCUT2D eigenvalue weighted by atomic mass is 16.6. The summed E-state index contributed by atoms with van der Waals surface area (Å²) in [6, 6.07) is 0. The third-order valence-electron chi connectivity index (χ3n) is 2.24. The molecule has 0 bridgehead atoms. The van der Waals surface area contributed by atoms with E-state index in [1.54, 1.807) is 0 Å². The molecule has 0 aliphatic heterocycles. The summed E-state index contributed by atoms with van der Waals surface area (Å²) in [5.41, 5.74) is 0.915. The highest BCUT2D eigenvalue weighted by Crippen LogP contribution is 1.97. The monoisotopic (exact) mass is 332 g/mol. The van der Waals surface area contributed by atoms with Crippen LogP contribution in [0.5, 0.6) is 0 Å². The third-order valence-corrected chi connectivity index (χ3v) is 2.24. The lowest BCUT2D eigenvalue weighted by molar-refractivity contribution is -0.121. The zero-order valence-electron chi connectivity index (χ0n) is 17.4. The highest BCUT2D eigenvalue weighted by molar-refractivity contribution is 5.78. The number of amides is 1. The van der Waals surface area contributed by atoms with Crippen LogP contribution in [-0.4, -0.2) is 24.8 Å². The van der Waals surface area contributed by atoms with Gasteiger partial charge in [-0.3, -0.25) is 4.79 Å². The molecule has 1 N–H and O–H groups in total. The number of hydrogen-bond donors (Lipinski definition) is 1. The quantitative estimate of drug-likeness (QED) is 0.305. The summed E-state index contributed by atoms with van der Waals surface area (Å²) in [5, 5.41) is 6.75. The molecule has 0 aliphatic rings. The average molecular weight is 333 g/mol. The van der Waals surface area contributed by atoms with E-state index >= 15 is 0 Å². The third kappa shape index (κ3) is 38.7. The fourth-order valence-corrected chi connectivity index (χ4v) is 1.32. The van der Waals surface area contributed by atoms with Crippen molar-refractivity contribution in [1.82, 2.24) is 5.32 Å². The van der Waals surface area contributed by atoms with E-state index in [-0.39, 0.29) is 5.91 Å². The van der Waals surface area contributed by atoms with Crippen LogP contribution < -0.4 is 5.32 Å². The molecule has 0 aromatic carbocycles. The second-order valence-corrected chi connectivity index (χ2v) is 4.39. The second-order valence-electron chi connectivity index (χ2n) is 4.39. The lowest BCUT2D eigenvalue weighted by atomic mass is 10.2. The van der Waals surface area contributed by atoms with Crippen molar-refractivity contribution in [2.45, 2.75) is 101 Å². The second kappa shape index (κ2) is 32.8. The summed E-state index contributed by atoms with van der Waals surface area (Å²) in [7, 11) is 0. The molecule has 0 saturated heterocycles. The molecule has 0 rings (SSSR count). The lowest BCUT2D eigenvalue weighted by Gasteiger charge is -2.04. The Morgan fingerprint density at radius 2 is 1.48 bits per heavy atom. The van der Waals surface area contributed by atoms with E-state index in [2.05, 4.69) is 17.4 Å². The Morgan fingerprint density at radius 3 is 1.96 bits per heavy atom. The van der Waals surface area contributed by atoms with Crippen molar-refractivity contribution in [3.63, 3.8) is 0 Å². The summed E-state index contributed by atoms with van der Waals surface area (Å²) in [5.74, 6) is 0.149. The number of carbonyl (C=O) groups is 1. The van der Waals surface area contributed by atoms with Gasteiger partial charge in [0.05, 0.1) is 5.71 Å². The SMILES string of the molecule is CC.CC.CC.CCCCCNC(=O)CCCCON=C(C)C. The van der Waals surface area contributed by atoms with E-state index in [0.29, 0.717) is 13.0 Å². The van der Waals surface area contributed by atoms with Crippen molar-refractivity contribution in [1.29, 1.82) is 0 Å². The maximum atomic E-state index is 11.4. The maximum Gasteiger partial charge on any atom is 0.219 e. The largest absolute Gasteiger partial charge is 0.396 e. The van der Waals surface area contributed by atoms with Crippen LogP contribution in [0.4, 0.5) is 0 Å². The molecule has 23 heavy (non-hydrogen) atoms. The summed E-state index contributed by atoms with van der Waals surface area (Å²) in [6.07, 6.45) is 5.77. The highest BCUT2D eigenvalue weighted by Gasteiger charge is 1.99. The molecule has 0 radical (unpaired) electrons. The molecule has 142 valence electrons. The minimum absolute atomic E-state index is 0.149. The minimum Gasteiger partial charge on any atom is -0.396 e. The Hall–Kier alpha value is -1.06. The molecule has 0 atom stereocenters. The smallest absolute Gasteiger partial charge is 0.219 e. The van der Waals surface area contributed by atoms with Crippen LogP contribution in [0, 0.1) is 0 Å². The van der Waals surface area contributed by atoms with E-state index in [1.807, 2.05) is 55.4 Å². The van der Waals surface area contributed by atoms with E-state index in [1.165, 1.54) is 12.8 Å². The Morgan fingerprint density at radius 1 is 0.913 bits per heavy atom. The molecule has 1 amide bonds. The van der Waals surface area contributed by atoms with Crippen molar-refractivity contribution in [3.05, 3.63) is 0 Å². The topological polar surface area (TPSA) is 50.7 Å². The number of nitrogens with zero attached hydrogens (tertiary/aromatic N) is 1. The molecule has 0 spiro atoms. The van der Waals surface area contributed by atoms with Crippen LogP contribution in [0.2, 0.25) is 0 Å². The first kappa shape index (κ1) is 29.9. The first-order chi connectivity index (χ1) is 11.2. The fourth-order valence-electron chi connectivity index (χ4n) is 1.32. The molecule has 4 nitrogen and oxygen atoms in total. The number of carbonyl (C=O) groups excluding carboxylic acids is 1. The maximum absolute atomic E-state index is 11.4. The van der Waals surface area contributed by atoms with E-state index in [9.17, 15) is 4.79 Å². The summed E-state index contributed by atoms with van der Waals surface area (Å²) >= 11 is 0. The number of oxime groups is 1. The molecular weight excluding hydrogens is 288 g/mol. The average Bonchev–Trinajstić information content (AvgIpc) is 2.60. The number of hydrogen-bond acceptors (Lipinski definition) is 3. The zero-order chi connectivity index (χ0) is 18.9. The van der Waals surface area contributed by atoms with Crippen LogP contribution >= 0.6 is 0 Å². The summed E-state index contributed by atoms with van der Waals surface area (Å²) in [6.45, 7) is 19.3. The molecule has 0 aromatic rings. The number of unbranched alkanes of at least 4 members (excludes halogenated alkanes) is 3. The van der Waals surface area contributed by atoms with E-state index < -0.39 is 0 Å². The van der Waals surface area contributed by atoms with Gasteiger partial charge in [-0.1, -0.05) is 66.5 Å². The Balaban J connectivity index is -0.000000267. The number of nitrogens with one attached hydrogen (secondary N) is 1. The first-order valence-electron chi connectivity index (χ1n) is 9.56. The molecular formula is C19H44N2O2. The Kier molecular flexibility index (Phi) is 42.6. The van der Waals surface area contributed by atoms with Crippen LogP contribution in [0.25, 0.3) is 0 Å². The van der Waals surface area contributed by atoms with E-state index in [0.717, 1.165) is 31.5 Å². The van der Waals surface area contributed by atoms with Gasteiger partial charge in [0.25, 0.3) is 0 Å². The van der Waals surface area contributed by atoms with Gasteiger partial charge in [0, 0.05) is 13.0 Å². The van der Waals surface area contributed by atoms with Crippen molar-refractivity contribution < 1.29 is 9.63 Å². The van der Waals surface area contributed by atoms with Gasteiger partial charge in [-0.2, -0.15) is 0 Å². The predicted octanol–water partition coefficient (Wildman–Crippen LogP) is 5.95. The van der Waals surface area contributed by atoms with Gasteiger partial charge in [-0.15, -0.1) is 0 Å².